The summed E-state index contributed by atoms with van der Waals surface area (Å²) in [5, 5.41) is 8.91. The van der Waals surface area contributed by atoms with Crippen molar-refractivity contribution in [1.82, 2.24) is 4.90 Å². The lowest BCUT2D eigenvalue weighted by molar-refractivity contribution is -0.247. The van der Waals surface area contributed by atoms with E-state index >= 15 is 0 Å². The third-order valence-corrected chi connectivity index (χ3v) is 2.93. The van der Waals surface area contributed by atoms with E-state index in [-0.39, 0.29) is 25.9 Å². The van der Waals surface area contributed by atoms with Crippen LogP contribution in [0.2, 0.25) is 0 Å². The fourth-order valence-electron chi connectivity index (χ4n) is 1.81. The van der Waals surface area contributed by atoms with E-state index in [0.29, 0.717) is 6.54 Å². The Hall–Kier alpha value is -0.360. The Labute approximate surface area is 85.9 Å². The average molecular weight is 229 g/mol. The van der Waals surface area contributed by atoms with E-state index < -0.39 is 17.9 Å². The monoisotopic (exact) mass is 229 g/mol. The topological polar surface area (TPSA) is 23.5 Å². The molecule has 0 aromatic rings. The molecule has 0 aromatic carbocycles. The minimum absolute atomic E-state index is 0.262. The van der Waals surface area contributed by atoms with E-state index in [2.05, 4.69) is 0 Å². The van der Waals surface area contributed by atoms with Crippen LogP contribution in [0.25, 0.3) is 0 Å². The van der Waals surface area contributed by atoms with Gasteiger partial charge in [0.15, 0.2) is 6.10 Å². The number of alkyl halides is 4. The summed E-state index contributed by atoms with van der Waals surface area (Å²) in [6.07, 6.45) is -8.25. The van der Waals surface area contributed by atoms with Crippen molar-refractivity contribution in [2.24, 2.45) is 0 Å². The van der Waals surface area contributed by atoms with Crippen molar-refractivity contribution in [3.63, 3.8) is 0 Å². The highest BCUT2D eigenvalue weighted by molar-refractivity contribution is 4.95. The SMILES string of the molecule is CCN1CCC(F)(C(O)C(F)(F)F)CC1. The van der Waals surface area contributed by atoms with Crippen molar-refractivity contribution in [3.05, 3.63) is 0 Å². The molecule has 0 aromatic heterocycles. The average Bonchev–Trinajstić information content (AvgIpc) is 2.16. The number of nitrogens with zero attached hydrogens (tertiary/aromatic N) is 1. The summed E-state index contributed by atoms with van der Waals surface area (Å²) < 4.78 is 50.2. The van der Waals surface area contributed by atoms with Crippen LogP contribution in [0.3, 0.4) is 0 Å². The normalized spacial score (nSPS) is 25.2. The number of rotatable bonds is 2. The number of hydrogen-bond donors (Lipinski definition) is 1. The molecule has 90 valence electrons. The maximum Gasteiger partial charge on any atom is 0.417 e. The highest BCUT2D eigenvalue weighted by Crippen LogP contribution is 2.37. The molecule has 0 saturated carbocycles. The third-order valence-electron chi connectivity index (χ3n) is 2.93. The molecule has 15 heavy (non-hydrogen) atoms. The zero-order valence-corrected chi connectivity index (χ0v) is 8.52. The summed E-state index contributed by atoms with van der Waals surface area (Å²) in [5.41, 5.74) is -2.51. The van der Waals surface area contributed by atoms with Gasteiger partial charge >= 0.3 is 6.18 Å². The molecule has 0 aliphatic carbocycles. The maximum absolute atomic E-state index is 13.8. The van der Waals surface area contributed by atoms with Gasteiger partial charge in [-0.1, -0.05) is 6.92 Å². The van der Waals surface area contributed by atoms with E-state index in [1.165, 1.54) is 0 Å². The number of aliphatic hydroxyl groups is 1. The summed E-state index contributed by atoms with van der Waals surface area (Å²) in [6, 6.07) is 0. The first-order valence-electron chi connectivity index (χ1n) is 4.95. The number of likely N-dealkylation sites (tertiary alicyclic amines) is 1. The Balaban J connectivity index is 2.62. The van der Waals surface area contributed by atoms with Gasteiger partial charge < -0.3 is 10.0 Å². The van der Waals surface area contributed by atoms with Crippen LogP contribution in [0.5, 0.6) is 0 Å². The largest absolute Gasteiger partial charge is 0.417 e. The first-order chi connectivity index (χ1) is 6.79. The summed E-state index contributed by atoms with van der Waals surface area (Å²) >= 11 is 0. The van der Waals surface area contributed by atoms with Gasteiger partial charge in [0.1, 0.15) is 5.67 Å². The molecular formula is C9H15F4NO. The lowest BCUT2D eigenvalue weighted by Crippen LogP contribution is -2.53. The molecule has 0 bridgehead atoms. The van der Waals surface area contributed by atoms with Crippen LogP contribution < -0.4 is 0 Å². The summed E-state index contributed by atoms with van der Waals surface area (Å²) in [5.74, 6) is 0. The number of halogens is 4. The lowest BCUT2D eigenvalue weighted by atomic mass is 9.87. The van der Waals surface area contributed by atoms with Gasteiger partial charge in [-0.25, -0.2) is 4.39 Å². The Morgan fingerprint density at radius 1 is 1.33 bits per heavy atom. The molecule has 6 heteroatoms. The van der Waals surface area contributed by atoms with Crippen LogP contribution in [0.4, 0.5) is 17.6 Å². The molecule has 1 aliphatic heterocycles. The molecular weight excluding hydrogens is 214 g/mol. The van der Waals surface area contributed by atoms with Crippen molar-refractivity contribution in [2.45, 2.75) is 37.7 Å². The minimum Gasteiger partial charge on any atom is -0.381 e. The molecule has 1 N–H and O–H groups in total. The van der Waals surface area contributed by atoms with Crippen LogP contribution in [0, 0.1) is 0 Å². The van der Waals surface area contributed by atoms with Gasteiger partial charge in [-0.3, -0.25) is 0 Å². The van der Waals surface area contributed by atoms with Gasteiger partial charge in [-0.2, -0.15) is 13.2 Å². The summed E-state index contributed by atoms with van der Waals surface area (Å²) in [6.45, 7) is 3.09. The van der Waals surface area contributed by atoms with Crippen molar-refractivity contribution in [1.29, 1.82) is 0 Å². The molecule has 1 saturated heterocycles. The molecule has 1 fully saturated rings. The second-order valence-corrected chi connectivity index (χ2v) is 3.91. The quantitative estimate of drug-likeness (QED) is 0.729. The highest BCUT2D eigenvalue weighted by Gasteiger charge is 2.54. The number of hydrogen-bond acceptors (Lipinski definition) is 2. The number of piperidine rings is 1. The predicted octanol–water partition coefficient (Wildman–Crippen LogP) is 1.73. The molecule has 0 radical (unpaired) electrons. The Morgan fingerprint density at radius 3 is 2.13 bits per heavy atom. The van der Waals surface area contributed by atoms with Crippen molar-refractivity contribution in [3.8, 4) is 0 Å². The maximum atomic E-state index is 13.8. The fraction of sp³-hybridized carbons (Fsp3) is 1.00. The second kappa shape index (κ2) is 4.25. The van der Waals surface area contributed by atoms with Crippen molar-refractivity contribution >= 4 is 0 Å². The van der Waals surface area contributed by atoms with Crippen LogP contribution in [0.1, 0.15) is 19.8 Å². The zero-order chi connectivity index (χ0) is 11.7. The van der Waals surface area contributed by atoms with E-state index in [0.717, 1.165) is 0 Å². The zero-order valence-electron chi connectivity index (χ0n) is 8.52. The van der Waals surface area contributed by atoms with Crippen LogP contribution in [0.15, 0.2) is 0 Å². The Kier molecular flexibility index (Phi) is 3.60. The standard InChI is InChI=1S/C9H15F4NO/c1-2-14-5-3-8(10,4-6-14)7(15)9(11,12)13/h7,15H,2-6H2,1H3. The molecule has 0 spiro atoms. The first kappa shape index (κ1) is 12.7. The van der Waals surface area contributed by atoms with E-state index in [1.54, 1.807) is 0 Å². The Morgan fingerprint density at radius 2 is 1.80 bits per heavy atom. The molecule has 1 rings (SSSR count). The molecule has 2 nitrogen and oxygen atoms in total. The van der Waals surface area contributed by atoms with Crippen LogP contribution >= 0.6 is 0 Å². The fourth-order valence-corrected chi connectivity index (χ4v) is 1.81. The smallest absolute Gasteiger partial charge is 0.381 e. The summed E-state index contributed by atoms with van der Waals surface area (Å²) in [7, 11) is 0. The molecule has 1 unspecified atom stereocenters. The second-order valence-electron chi connectivity index (χ2n) is 3.91. The van der Waals surface area contributed by atoms with Gasteiger partial charge in [0.2, 0.25) is 0 Å². The van der Waals surface area contributed by atoms with E-state index in [1.807, 2.05) is 11.8 Å². The summed E-state index contributed by atoms with van der Waals surface area (Å²) in [4.78, 5) is 1.86. The minimum atomic E-state index is -4.87. The predicted molar refractivity (Wildman–Crippen MR) is 47.2 cm³/mol. The van der Waals surface area contributed by atoms with E-state index in [9.17, 15) is 17.6 Å². The van der Waals surface area contributed by atoms with Gasteiger partial charge in [-0.05, 0) is 19.4 Å². The van der Waals surface area contributed by atoms with Gasteiger partial charge in [-0.15, -0.1) is 0 Å². The van der Waals surface area contributed by atoms with Crippen molar-refractivity contribution < 1.29 is 22.7 Å². The molecule has 1 aliphatic rings. The van der Waals surface area contributed by atoms with Crippen molar-refractivity contribution in [2.75, 3.05) is 19.6 Å². The third kappa shape index (κ3) is 2.81. The Bertz CT molecular complexity index is 211. The molecule has 1 heterocycles. The first-order valence-corrected chi connectivity index (χ1v) is 4.95. The van der Waals surface area contributed by atoms with Gasteiger partial charge in [0.25, 0.3) is 0 Å². The van der Waals surface area contributed by atoms with Gasteiger partial charge in [0.05, 0.1) is 0 Å². The lowest BCUT2D eigenvalue weighted by Gasteiger charge is -2.39. The van der Waals surface area contributed by atoms with E-state index in [4.69, 9.17) is 5.11 Å². The molecule has 1 atom stereocenters. The highest BCUT2D eigenvalue weighted by atomic mass is 19.4. The van der Waals surface area contributed by atoms with Gasteiger partial charge in [0, 0.05) is 13.1 Å². The number of aliphatic hydroxyl groups excluding tert-OH is 1. The van der Waals surface area contributed by atoms with Crippen LogP contribution in [-0.4, -0.2) is 47.6 Å². The molecule has 0 amide bonds. The van der Waals surface area contributed by atoms with Crippen LogP contribution in [-0.2, 0) is 0 Å².